The molecule has 1 aromatic carbocycles. The number of halogens is 1. The van der Waals surface area contributed by atoms with Gasteiger partial charge >= 0.3 is 0 Å². The third-order valence-corrected chi connectivity index (χ3v) is 3.04. The maximum atomic E-state index is 11.9. The average molecular weight is 280 g/mol. The Hall–Kier alpha value is -1.85. The summed E-state index contributed by atoms with van der Waals surface area (Å²) in [4.78, 5) is 11.9. The molecule has 3 N–H and O–H groups in total. The molecule has 0 aliphatic heterocycles. The van der Waals surface area contributed by atoms with Gasteiger partial charge in [0.1, 0.15) is 0 Å². The first-order valence-corrected chi connectivity index (χ1v) is 6.17. The number of benzene rings is 1. The molecule has 0 fully saturated rings. The molecule has 0 saturated carbocycles. The van der Waals surface area contributed by atoms with E-state index in [0.717, 1.165) is 5.56 Å². The summed E-state index contributed by atoms with van der Waals surface area (Å²) >= 11 is 5.81. The zero-order chi connectivity index (χ0) is 13.8. The van der Waals surface area contributed by atoms with E-state index in [4.69, 9.17) is 21.9 Å². The fourth-order valence-corrected chi connectivity index (χ4v) is 1.89. The van der Waals surface area contributed by atoms with Gasteiger partial charge in [-0.15, -0.1) is 0 Å². The Bertz CT molecular complexity index is 559. The highest BCUT2D eigenvalue weighted by Gasteiger charge is 2.14. The van der Waals surface area contributed by atoms with Gasteiger partial charge in [-0.1, -0.05) is 17.3 Å². The van der Waals surface area contributed by atoms with E-state index in [9.17, 15) is 4.79 Å². The standard InChI is InChI=1S/C13H14ClN3O2/c1-8-11(13(14)19-17-8)6-12(18)16-10-4-2-9(7-15)3-5-10/h2-5H,6-7,15H2,1H3,(H,16,18). The smallest absolute Gasteiger partial charge is 0.229 e. The van der Waals surface area contributed by atoms with Crippen LogP contribution in [0.2, 0.25) is 5.22 Å². The quantitative estimate of drug-likeness (QED) is 0.899. The lowest BCUT2D eigenvalue weighted by molar-refractivity contribution is -0.115. The second-order valence-electron chi connectivity index (χ2n) is 4.15. The van der Waals surface area contributed by atoms with Crippen molar-refractivity contribution in [2.45, 2.75) is 19.9 Å². The molecule has 2 rings (SSSR count). The maximum Gasteiger partial charge on any atom is 0.229 e. The molecule has 100 valence electrons. The molecular weight excluding hydrogens is 266 g/mol. The Morgan fingerprint density at radius 1 is 1.42 bits per heavy atom. The first-order chi connectivity index (χ1) is 9.10. The zero-order valence-corrected chi connectivity index (χ0v) is 11.2. The molecule has 5 nitrogen and oxygen atoms in total. The van der Waals surface area contributed by atoms with Gasteiger partial charge in [-0.2, -0.15) is 0 Å². The number of carbonyl (C=O) groups is 1. The Kier molecular flexibility index (Phi) is 4.19. The zero-order valence-electron chi connectivity index (χ0n) is 10.4. The van der Waals surface area contributed by atoms with Crippen LogP contribution in [0, 0.1) is 6.92 Å². The number of hydrogen-bond acceptors (Lipinski definition) is 4. The summed E-state index contributed by atoms with van der Waals surface area (Å²) in [6.07, 6.45) is 0.132. The number of rotatable bonds is 4. The predicted molar refractivity (Wildman–Crippen MR) is 72.9 cm³/mol. The second kappa shape index (κ2) is 5.86. The van der Waals surface area contributed by atoms with E-state index in [0.29, 0.717) is 23.5 Å². The van der Waals surface area contributed by atoms with E-state index in [1.54, 1.807) is 6.92 Å². The molecule has 1 heterocycles. The fourth-order valence-electron chi connectivity index (χ4n) is 1.65. The molecule has 1 amide bonds. The van der Waals surface area contributed by atoms with Crippen LogP contribution < -0.4 is 11.1 Å². The normalized spacial score (nSPS) is 10.5. The summed E-state index contributed by atoms with van der Waals surface area (Å²) in [7, 11) is 0. The Labute approximate surface area is 115 Å². The van der Waals surface area contributed by atoms with Gasteiger partial charge in [0.2, 0.25) is 11.1 Å². The Morgan fingerprint density at radius 3 is 2.63 bits per heavy atom. The van der Waals surface area contributed by atoms with Crippen LogP contribution in [0.1, 0.15) is 16.8 Å². The van der Waals surface area contributed by atoms with E-state index in [1.807, 2.05) is 24.3 Å². The van der Waals surface area contributed by atoms with Crippen molar-refractivity contribution >= 4 is 23.2 Å². The van der Waals surface area contributed by atoms with E-state index in [1.165, 1.54) is 0 Å². The van der Waals surface area contributed by atoms with Gasteiger partial charge in [0.15, 0.2) is 0 Å². The van der Waals surface area contributed by atoms with Crippen LogP contribution in [-0.4, -0.2) is 11.1 Å². The van der Waals surface area contributed by atoms with Crippen molar-refractivity contribution < 1.29 is 9.32 Å². The van der Waals surface area contributed by atoms with Gasteiger partial charge in [-0.3, -0.25) is 4.79 Å². The van der Waals surface area contributed by atoms with E-state index in [-0.39, 0.29) is 17.5 Å². The minimum Gasteiger partial charge on any atom is -0.344 e. The third kappa shape index (κ3) is 3.33. The predicted octanol–water partition coefficient (Wildman–Crippen LogP) is 2.28. The summed E-state index contributed by atoms with van der Waals surface area (Å²) in [6.45, 7) is 2.22. The van der Waals surface area contributed by atoms with Crippen LogP contribution >= 0.6 is 11.6 Å². The van der Waals surface area contributed by atoms with Crippen LogP contribution in [-0.2, 0) is 17.8 Å². The van der Waals surface area contributed by atoms with Crippen molar-refractivity contribution in [3.63, 3.8) is 0 Å². The van der Waals surface area contributed by atoms with Crippen LogP contribution in [0.4, 0.5) is 5.69 Å². The fraction of sp³-hybridized carbons (Fsp3) is 0.231. The van der Waals surface area contributed by atoms with Crippen LogP contribution in [0.5, 0.6) is 0 Å². The van der Waals surface area contributed by atoms with Gasteiger partial charge in [0.25, 0.3) is 0 Å². The minimum atomic E-state index is -0.173. The maximum absolute atomic E-state index is 11.9. The molecule has 0 spiro atoms. The average Bonchev–Trinajstić information content (AvgIpc) is 2.71. The van der Waals surface area contributed by atoms with Gasteiger partial charge < -0.3 is 15.6 Å². The molecular formula is C13H14ClN3O2. The molecule has 0 aliphatic rings. The molecule has 0 bridgehead atoms. The second-order valence-corrected chi connectivity index (χ2v) is 4.49. The number of anilines is 1. The molecule has 0 atom stereocenters. The minimum absolute atomic E-state index is 0.132. The molecule has 0 aliphatic carbocycles. The van der Waals surface area contributed by atoms with Crippen LogP contribution in [0.25, 0.3) is 0 Å². The largest absolute Gasteiger partial charge is 0.344 e. The summed E-state index contributed by atoms with van der Waals surface area (Å²) in [5.41, 5.74) is 8.46. The third-order valence-electron chi connectivity index (χ3n) is 2.75. The van der Waals surface area contributed by atoms with Crippen LogP contribution in [0.3, 0.4) is 0 Å². The monoisotopic (exact) mass is 279 g/mol. The Morgan fingerprint density at radius 2 is 2.11 bits per heavy atom. The summed E-state index contributed by atoms with van der Waals surface area (Å²) in [5, 5.41) is 6.63. The number of amides is 1. The van der Waals surface area contributed by atoms with Crippen molar-refractivity contribution in [2.75, 3.05) is 5.32 Å². The highest BCUT2D eigenvalue weighted by molar-refractivity contribution is 6.29. The topological polar surface area (TPSA) is 81.2 Å². The molecule has 0 saturated heterocycles. The van der Waals surface area contributed by atoms with Crippen molar-refractivity contribution in [3.05, 3.63) is 46.3 Å². The van der Waals surface area contributed by atoms with Crippen molar-refractivity contribution in [1.82, 2.24) is 5.16 Å². The number of aromatic nitrogens is 1. The molecule has 0 radical (unpaired) electrons. The van der Waals surface area contributed by atoms with E-state index < -0.39 is 0 Å². The lowest BCUT2D eigenvalue weighted by atomic mass is 10.1. The van der Waals surface area contributed by atoms with Crippen molar-refractivity contribution in [1.29, 1.82) is 0 Å². The van der Waals surface area contributed by atoms with Gasteiger partial charge in [-0.05, 0) is 36.2 Å². The number of carbonyl (C=O) groups excluding carboxylic acids is 1. The summed E-state index contributed by atoms with van der Waals surface area (Å²) in [6, 6.07) is 7.35. The lowest BCUT2D eigenvalue weighted by Gasteiger charge is -2.05. The number of nitrogens with one attached hydrogen (secondary N) is 1. The molecule has 19 heavy (non-hydrogen) atoms. The first kappa shape index (κ1) is 13.6. The van der Waals surface area contributed by atoms with Crippen LogP contribution in [0.15, 0.2) is 28.8 Å². The molecule has 0 unspecified atom stereocenters. The number of aryl methyl sites for hydroxylation is 1. The summed E-state index contributed by atoms with van der Waals surface area (Å²) in [5.74, 6) is -0.173. The van der Waals surface area contributed by atoms with E-state index >= 15 is 0 Å². The molecule has 2 aromatic rings. The van der Waals surface area contributed by atoms with E-state index in [2.05, 4.69) is 10.5 Å². The van der Waals surface area contributed by atoms with Crippen molar-refractivity contribution in [3.8, 4) is 0 Å². The van der Waals surface area contributed by atoms with Gasteiger partial charge in [0.05, 0.1) is 12.1 Å². The highest BCUT2D eigenvalue weighted by atomic mass is 35.5. The van der Waals surface area contributed by atoms with Gasteiger partial charge in [0, 0.05) is 17.8 Å². The highest BCUT2D eigenvalue weighted by Crippen LogP contribution is 2.20. The number of hydrogen-bond donors (Lipinski definition) is 2. The van der Waals surface area contributed by atoms with Gasteiger partial charge in [-0.25, -0.2) is 0 Å². The number of nitrogens with zero attached hydrogens (tertiary/aromatic N) is 1. The molecule has 1 aromatic heterocycles. The summed E-state index contributed by atoms with van der Waals surface area (Å²) < 4.78 is 4.80. The Balaban J connectivity index is 2.01. The lowest BCUT2D eigenvalue weighted by Crippen LogP contribution is -2.14. The first-order valence-electron chi connectivity index (χ1n) is 5.79. The molecule has 6 heteroatoms. The van der Waals surface area contributed by atoms with Crippen molar-refractivity contribution in [2.24, 2.45) is 5.73 Å². The SMILES string of the molecule is Cc1noc(Cl)c1CC(=O)Nc1ccc(CN)cc1. The number of nitrogens with two attached hydrogens (primary N) is 1.